The molecule has 0 aliphatic rings. The molecule has 198 valence electrons. The lowest BCUT2D eigenvalue weighted by molar-refractivity contribution is -0.137. The van der Waals surface area contributed by atoms with Crippen molar-refractivity contribution in [2.24, 2.45) is 7.05 Å². The zero-order valence-corrected chi connectivity index (χ0v) is 21.3. The number of hydrogen-bond donors (Lipinski definition) is 1. The van der Waals surface area contributed by atoms with E-state index in [-0.39, 0.29) is 24.8 Å². The summed E-state index contributed by atoms with van der Waals surface area (Å²) >= 11 is 0. The van der Waals surface area contributed by atoms with Crippen molar-refractivity contribution in [3.8, 4) is 11.5 Å². The molecule has 1 N–H and O–H groups in total. The minimum absolute atomic E-state index is 0.00215. The third-order valence-electron chi connectivity index (χ3n) is 6.68. The monoisotopic (exact) mass is 528 g/mol. The second-order valence-corrected chi connectivity index (χ2v) is 9.43. The van der Waals surface area contributed by atoms with Gasteiger partial charge in [0.25, 0.3) is 0 Å². The van der Waals surface area contributed by atoms with Gasteiger partial charge < -0.3 is 14.6 Å². The van der Waals surface area contributed by atoms with Crippen molar-refractivity contribution >= 4 is 16.8 Å². The minimum atomic E-state index is -4.44. The number of fused-ring (bicyclic) bond motifs is 1. The zero-order chi connectivity index (χ0) is 27.4. The molecule has 1 unspecified atom stereocenters. The van der Waals surface area contributed by atoms with Crippen LogP contribution in [0.1, 0.15) is 34.6 Å². The molecule has 5 aromatic rings. The summed E-state index contributed by atoms with van der Waals surface area (Å²) in [4.78, 5) is 13.2. The molecule has 1 aromatic heterocycles. The first-order valence-corrected chi connectivity index (χ1v) is 12.6. The second kappa shape index (κ2) is 11.1. The van der Waals surface area contributed by atoms with E-state index >= 15 is 0 Å². The highest BCUT2D eigenvalue weighted by Crippen LogP contribution is 2.36. The number of ether oxygens (including phenoxy) is 1. The summed E-state index contributed by atoms with van der Waals surface area (Å²) in [5.41, 5.74) is 2.57. The van der Waals surface area contributed by atoms with Crippen molar-refractivity contribution < 1.29 is 22.7 Å². The van der Waals surface area contributed by atoms with E-state index in [0.29, 0.717) is 17.1 Å². The Morgan fingerprint density at radius 1 is 0.872 bits per heavy atom. The fraction of sp³-hybridized carbons (Fsp3) is 0.156. The van der Waals surface area contributed by atoms with Gasteiger partial charge in [0.15, 0.2) is 0 Å². The summed E-state index contributed by atoms with van der Waals surface area (Å²) in [5, 5.41) is 3.85. The van der Waals surface area contributed by atoms with Gasteiger partial charge >= 0.3 is 6.18 Å². The number of para-hydroxylation sites is 2. The quantitative estimate of drug-likeness (QED) is 0.223. The predicted octanol–water partition coefficient (Wildman–Crippen LogP) is 7.83. The third-order valence-corrected chi connectivity index (χ3v) is 6.68. The molecule has 5 rings (SSSR count). The molecule has 0 aliphatic carbocycles. The lowest BCUT2D eigenvalue weighted by atomic mass is 9.88. The van der Waals surface area contributed by atoms with Crippen molar-refractivity contribution in [1.82, 2.24) is 9.88 Å². The molecule has 0 saturated heterocycles. The van der Waals surface area contributed by atoms with E-state index in [1.54, 1.807) is 6.07 Å². The second-order valence-electron chi connectivity index (χ2n) is 9.43. The Hall–Kier alpha value is -4.52. The molecule has 1 amide bonds. The fourth-order valence-corrected chi connectivity index (χ4v) is 4.79. The summed E-state index contributed by atoms with van der Waals surface area (Å²) in [6.45, 7) is 0.00215. The lowest BCUT2D eigenvalue weighted by Gasteiger charge is -2.18. The van der Waals surface area contributed by atoms with Crippen LogP contribution in [0.15, 0.2) is 109 Å². The van der Waals surface area contributed by atoms with E-state index in [9.17, 15) is 18.0 Å². The number of nitrogens with zero attached hydrogens (tertiary/aromatic N) is 1. The van der Waals surface area contributed by atoms with Crippen molar-refractivity contribution in [2.45, 2.75) is 25.1 Å². The molecule has 0 spiro atoms. The molecule has 1 heterocycles. The zero-order valence-electron chi connectivity index (χ0n) is 21.3. The number of carbonyl (C=O) groups is 1. The summed E-state index contributed by atoms with van der Waals surface area (Å²) in [7, 11) is 1.96. The van der Waals surface area contributed by atoms with Gasteiger partial charge in [-0.25, -0.2) is 0 Å². The van der Waals surface area contributed by atoms with Crippen molar-refractivity contribution in [2.75, 3.05) is 0 Å². The normalized spacial score (nSPS) is 12.3. The van der Waals surface area contributed by atoms with Gasteiger partial charge in [-0.1, -0.05) is 60.7 Å². The summed E-state index contributed by atoms with van der Waals surface area (Å²) in [6.07, 6.45) is -2.30. The van der Waals surface area contributed by atoms with Crippen LogP contribution in [0.4, 0.5) is 13.2 Å². The highest BCUT2D eigenvalue weighted by molar-refractivity contribution is 5.86. The summed E-state index contributed by atoms with van der Waals surface area (Å²) < 4.78 is 47.4. The molecular weight excluding hydrogens is 501 g/mol. The molecule has 4 aromatic carbocycles. The van der Waals surface area contributed by atoms with Crippen molar-refractivity contribution in [1.29, 1.82) is 0 Å². The van der Waals surface area contributed by atoms with Crippen LogP contribution in [-0.2, 0) is 24.6 Å². The van der Waals surface area contributed by atoms with Crippen LogP contribution in [0.5, 0.6) is 11.5 Å². The molecule has 0 saturated carbocycles. The van der Waals surface area contributed by atoms with E-state index in [1.165, 1.54) is 6.07 Å². The number of halogens is 3. The van der Waals surface area contributed by atoms with E-state index in [4.69, 9.17) is 4.74 Å². The standard InChI is InChI=1S/C32H27F3N2O2/c1-37-21-29(27-15-5-6-16-30(27)37)28(23-10-8-14-26(18-23)39-25-12-3-2-4-13-25)19-31(38)36-20-22-9-7-11-24(17-22)32(33,34)35/h2-18,21,28H,19-20H2,1H3,(H,36,38). The summed E-state index contributed by atoms with van der Waals surface area (Å²) in [5.74, 6) is 0.778. The Balaban J connectivity index is 1.43. The lowest BCUT2D eigenvalue weighted by Crippen LogP contribution is -2.25. The van der Waals surface area contributed by atoms with E-state index in [0.717, 1.165) is 34.2 Å². The average molecular weight is 529 g/mol. The third kappa shape index (κ3) is 6.14. The number of carbonyl (C=O) groups excluding carboxylic acids is 1. The van der Waals surface area contributed by atoms with Crippen LogP contribution < -0.4 is 10.1 Å². The van der Waals surface area contributed by atoms with Crippen LogP contribution in [0, 0.1) is 0 Å². The molecule has 0 aliphatic heterocycles. The molecule has 0 radical (unpaired) electrons. The van der Waals surface area contributed by atoms with Crippen molar-refractivity contribution in [3.05, 3.63) is 132 Å². The Morgan fingerprint density at radius 3 is 2.38 bits per heavy atom. The van der Waals surface area contributed by atoms with Gasteiger partial charge in [-0.05, 0) is 59.2 Å². The SMILES string of the molecule is Cn1cc(C(CC(=O)NCc2cccc(C(F)(F)F)c2)c2cccc(Oc3ccccc3)c2)c2ccccc21. The molecule has 1 atom stereocenters. The Morgan fingerprint density at radius 2 is 1.59 bits per heavy atom. The molecule has 4 nitrogen and oxygen atoms in total. The minimum Gasteiger partial charge on any atom is -0.457 e. The maximum atomic E-state index is 13.2. The Kier molecular flexibility index (Phi) is 7.41. The van der Waals surface area contributed by atoms with Gasteiger partial charge in [-0.2, -0.15) is 13.2 Å². The number of aryl methyl sites for hydroxylation is 1. The average Bonchev–Trinajstić information content (AvgIpc) is 3.27. The molecule has 0 fully saturated rings. The number of aromatic nitrogens is 1. The van der Waals surface area contributed by atoms with Gasteiger partial charge in [-0.15, -0.1) is 0 Å². The molecule has 39 heavy (non-hydrogen) atoms. The Bertz CT molecular complexity index is 1590. The predicted molar refractivity (Wildman–Crippen MR) is 146 cm³/mol. The fourth-order valence-electron chi connectivity index (χ4n) is 4.79. The van der Waals surface area contributed by atoms with Gasteiger partial charge in [0.2, 0.25) is 5.91 Å². The number of hydrogen-bond acceptors (Lipinski definition) is 2. The number of nitrogens with one attached hydrogen (secondary N) is 1. The van der Waals surface area contributed by atoms with Gasteiger partial charge in [0.1, 0.15) is 11.5 Å². The van der Waals surface area contributed by atoms with Crippen LogP contribution in [0.3, 0.4) is 0 Å². The first-order valence-electron chi connectivity index (χ1n) is 12.6. The van der Waals surface area contributed by atoms with Crippen molar-refractivity contribution in [3.63, 3.8) is 0 Å². The van der Waals surface area contributed by atoms with Crippen LogP contribution in [0.2, 0.25) is 0 Å². The first kappa shape index (κ1) is 26.1. The van der Waals surface area contributed by atoms with Crippen LogP contribution in [-0.4, -0.2) is 10.5 Å². The number of alkyl halides is 3. The number of benzene rings is 4. The van der Waals surface area contributed by atoms with E-state index in [2.05, 4.69) is 5.32 Å². The smallest absolute Gasteiger partial charge is 0.416 e. The van der Waals surface area contributed by atoms with E-state index in [1.807, 2.05) is 96.7 Å². The number of rotatable bonds is 8. The maximum Gasteiger partial charge on any atom is 0.416 e. The van der Waals surface area contributed by atoms with Crippen LogP contribution in [0.25, 0.3) is 10.9 Å². The van der Waals surface area contributed by atoms with Crippen LogP contribution >= 0.6 is 0 Å². The molecule has 0 bridgehead atoms. The topological polar surface area (TPSA) is 43.3 Å². The maximum absolute atomic E-state index is 13.2. The molecular formula is C32H27F3N2O2. The molecule has 7 heteroatoms. The summed E-state index contributed by atoms with van der Waals surface area (Å²) in [6, 6.07) is 30.1. The highest BCUT2D eigenvalue weighted by atomic mass is 19.4. The first-order chi connectivity index (χ1) is 18.8. The van der Waals surface area contributed by atoms with Gasteiger partial charge in [0, 0.05) is 43.0 Å². The highest BCUT2D eigenvalue weighted by Gasteiger charge is 2.30. The van der Waals surface area contributed by atoms with E-state index < -0.39 is 11.7 Å². The number of amides is 1. The van der Waals surface area contributed by atoms with Gasteiger partial charge in [0.05, 0.1) is 5.56 Å². The van der Waals surface area contributed by atoms with Gasteiger partial charge in [-0.3, -0.25) is 4.79 Å². The largest absolute Gasteiger partial charge is 0.457 e. The Labute approximate surface area is 224 Å².